The first-order valence-electron chi connectivity index (χ1n) is 9.68. The van der Waals surface area contributed by atoms with E-state index >= 15 is 0 Å². The highest BCUT2D eigenvalue weighted by molar-refractivity contribution is 6.30. The van der Waals surface area contributed by atoms with Gasteiger partial charge in [0.25, 0.3) is 0 Å². The van der Waals surface area contributed by atoms with E-state index in [0.717, 1.165) is 32.1 Å². The standard InChI is InChI=1S/C22H26ClF2N/c1-2-3-4-5-15-6-8-16(9-7-15)17-10-12-18(13-11-17)19-14-20(24)22(25)26-21(19)23/h6-9,14,17-18H,2-5,10-13H2,1H3. The summed E-state index contributed by atoms with van der Waals surface area (Å²) < 4.78 is 26.7. The van der Waals surface area contributed by atoms with Crippen LogP contribution in [0.4, 0.5) is 8.78 Å². The van der Waals surface area contributed by atoms with Crippen molar-refractivity contribution < 1.29 is 8.78 Å². The molecule has 0 N–H and O–H groups in total. The van der Waals surface area contributed by atoms with Gasteiger partial charge in [0, 0.05) is 0 Å². The van der Waals surface area contributed by atoms with Gasteiger partial charge in [-0.1, -0.05) is 55.6 Å². The van der Waals surface area contributed by atoms with E-state index in [-0.39, 0.29) is 11.1 Å². The van der Waals surface area contributed by atoms with Gasteiger partial charge in [0.15, 0.2) is 5.82 Å². The van der Waals surface area contributed by atoms with E-state index in [0.29, 0.717) is 11.5 Å². The molecule has 1 aliphatic carbocycles. The number of hydrogen-bond acceptors (Lipinski definition) is 1. The van der Waals surface area contributed by atoms with Crippen molar-refractivity contribution in [1.82, 2.24) is 4.98 Å². The van der Waals surface area contributed by atoms with E-state index in [1.165, 1.54) is 36.5 Å². The van der Waals surface area contributed by atoms with Crippen molar-refractivity contribution in [2.75, 3.05) is 0 Å². The summed E-state index contributed by atoms with van der Waals surface area (Å²) in [4.78, 5) is 3.49. The van der Waals surface area contributed by atoms with Crippen LogP contribution in [0, 0.1) is 11.8 Å². The van der Waals surface area contributed by atoms with Crippen LogP contribution in [-0.2, 0) is 6.42 Å². The van der Waals surface area contributed by atoms with Crippen LogP contribution < -0.4 is 0 Å². The van der Waals surface area contributed by atoms with Crippen molar-refractivity contribution in [1.29, 1.82) is 0 Å². The molecule has 0 aliphatic heterocycles. The van der Waals surface area contributed by atoms with Gasteiger partial charge >= 0.3 is 0 Å². The highest BCUT2D eigenvalue weighted by atomic mass is 35.5. The molecule has 1 nitrogen and oxygen atoms in total. The Bertz CT molecular complexity index is 722. The molecule has 1 aliphatic rings. The van der Waals surface area contributed by atoms with Crippen LogP contribution in [0.3, 0.4) is 0 Å². The molecule has 0 atom stereocenters. The Kier molecular flexibility index (Phi) is 6.63. The van der Waals surface area contributed by atoms with Crippen LogP contribution >= 0.6 is 11.6 Å². The summed E-state index contributed by atoms with van der Waals surface area (Å²) in [6, 6.07) is 10.3. The summed E-state index contributed by atoms with van der Waals surface area (Å²) >= 11 is 6.04. The fourth-order valence-corrected chi connectivity index (χ4v) is 4.30. The minimum atomic E-state index is -1.12. The Labute approximate surface area is 159 Å². The monoisotopic (exact) mass is 377 g/mol. The van der Waals surface area contributed by atoms with E-state index in [9.17, 15) is 8.78 Å². The number of unbranched alkanes of at least 4 members (excludes halogenated alkanes) is 2. The number of benzene rings is 1. The average Bonchev–Trinajstić information content (AvgIpc) is 2.66. The molecule has 1 aromatic carbocycles. The maximum atomic E-state index is 13.5. The van der Waals surface area contributed by atoms with Gasteiger partial charge in [0.1, 0.15) is 5.15 Å². The minimum absolute atomic E-state index is 0.101. The van der Waals surface area contributed by atoms with Crippen molar-refractivity contribution in [3.05, 3.63) is 63.9 Å². The first-order chi connectivity index (χ1) is 12.6. The van der Waals surface area contributed by atoms with Crippen molar-refractivity contribution in [3.8, 4) is 0 Å². The first kappa shape index (κ1) is 19.3. The molecule has 0 saturated heterocycles. The number of pyridine rings is 1. The third kappa shape index (κ3) is 4.62. The molecule has 0 bridgehead atoms. The Morgan fingerprint density at radius 1 is 1.00 bits per heavy atom. The lowest BCUT2D eigenvalue weighted by Gasteiger charge is -2.29. The summed E-state index contributed by atoms with van der Waals surface area (Å²) in [5.41, 5.74) is 3.45. The predicted octanol–water partition coefficient (Wildman–Crippen LogP) is 7.19. The SMILES string of the molecule is CCCCCc1ccc(C2CCC(c3cc(F)c(F)nc3Cl)CC2)cc1. The molecule has 1 fully saturated rings. The van der Waals surface area contributed by atoms with Crippen LogP contribution in [0.2, 0.25) is 5.15 Å². The Morgan fingerprint density at radius 2 is 1.65 bits per heavy atom. The summed E-state index contributed by atoms with van der Waals surface area (Å²) in [6.07, 6.45) is 8.87. The van der Waals surface area contributed by atoms with Gasteiger partial charge in [-0.2, -0.15) is 4.39 Å². The van der Waals surface area contributed by atoms with Crippen LogP contribution in [0.25, 0.3) is 0 Å². The third-order valence-corrected chi connectivity index (χ3v) is 5.90. The van der Waals surface area contributed by atoms with Gasteiger partial charge < -0.3 is 0 Å². The molecule has 0 unspecified atom stereocenters. The van der Waals surface area contributed by atoms with Gasteiger partial charge in [-0.05, 0) is 73.1 Å². The van der Waals surface area contributed by atoms with Crippen molar-refractivity contribution in [2.24, 2.45) is 0 Å². The summed E-state index contributed by atoms with van der Waals surface area (Å²) in [6.45, 7) is 2.23. The molecular weight excluding hydrogens is 352 g/mol. The number of aromatic nitrogens is 1. The second kappa shape index (κ2) is 8.94. The van der Waals surface area contributed by atoms with E-state index < -0.39 is 11.8 Å². The normalized spacial score (nSPS) is 20.3. The molecule has 0 amide bonds. The molecular formula is C22H26ClF2N. The van der Waals surface area contributed by atoms with E-state index in [2.05, 4.69) is 36.2 Å². The van der Waals surface area contributed by atoms with Gasteiger partial charge in [0.2, 0.25) is 5.95 Å². The molecule has 3 rings (SSSR count). The molecule has 140 valence electrons. The van der Waals surface area contributed by atoms with Crippen LogP contribution in [0.15, 0.2) is 30.3 Å². The summed E-state index contributed by atoms with van der Waals surface area (Å²) in [7, 11) is 0. The average molecular weight is 378 g/mol. The molecule has 0 radical (unpaired) electrons. The Hall–Kier alpha value is -1.48. The summed E-state index contributed by atoms with van der Waals surface area (Å²) in [5.74, 6) is -1.33. The lowest BCUT2D eigenvalue weighted by Crippen LogP contribution is -2.13. The summed E-state index contributed by atoms with van der Waals surface area (Å²) in [5, 5.41) is 0.101. The molecule has 2 aromatic rings. The van der Waals surface area contributed by atoms with Crippen LogP contribution in [0.5, 0.6) is 0 Å². The van der Waals surface area contributed by atoms with Crippen LogP contribution in [0.1, 0.15) is 80.4 Å². The Balaban J connectivity index is 1.59. The zero-order chi connectivity index (χ0) is 18.5. The molecule has 26 heavy (non-hydrogen) atoms. The topological polar surface area (TPSA) is 12.9 Å². The molecule has 0 spiro atoms. The van der Waals surface area contributed by atoms with Gasteiger partial charge in [0.05, 0.1) is 0 Å². The number of rotatable bonds is 6. The largest absolute Gasteiger partial charge is 0.250 e. The minimum Gasteiger partial charge on any atom is -0.205 e. The van der Waals surface area contributed by atoms with Crippen LogP contribution in [-0.4, -0.2) is 4.98 Å². The lowest BCUT2D eigenvalue weighted by molar-refractivity contribution is 0.392. The lowest BCUT2D eigenvalue weighted by atomic mass is 9.76. The highest BCUT2D eigenvalue weighted by Gasteiger charge is 2.26. The quantitative estimate of drug-likeness (QED) is 0.383. The zero-order valence-corrected chi connectivity index (χ0v) is 16.0. The van der Waals surface area contributed by atoms with Crippen molar-refractivity contribution in [3.63, 3.8) is 0 Å². The highest BCUT2D eigenvalue weighted by Crippen LogP contribution is 2.42. The predicted molar refractivity (Wildman–Crippen MR) is 103 cm³/mol. The zero-order valence-electron chi connectivity index (χ0n) is 15.3. The number of aryl methyl sites for hydroxylation is 1. The van der Waals surface area contributed by atoms with Gasteiger partial charge in [-0.15, -0.1) is 0 Å². The fourth-order valence-electron chi connectivity index (χ4n) is 4.02. The number of nitrogens with zero attached hydrogens (tertiary/aromatic N) is 1. The third-order valence-electron chi connectivity index (χ3n) is 5.60. The molecule has 1 aromatic heterocycles. The number of halogens is 3. The van der Waals surface area contributed by atoms with Gasteiger partial charge in [-0.25, -0.2) is 9.37 Å². The number of hydrogen-bond donors (Lipinski definition) is 0. The second-order valence-corrected chi connectivity index (χ2v) is 7.75. The smallest absolute Gasteiger partial charge is 0.205 e. The molecule has 4 heteroatoms. The van der Waals surface area contributed by atoms with Crippen molar-refractivity contribution in [2.45, 2.75) is 70.1 Å². The van der Waals surface area contributed by atoms with Gasteiger partial charge in [-0.3, -0.25) is 0 Å². The molecule has 1 saturated carbocycles. The maximum Gasteiger partial charge on any atom is 0.250 e. The van der Waals surface area contributed by atoms with Crippen molar-refractivity contribution >= 4 is 11.6 Å². The first-order valence-corrected chi connectivity index (χ1v) is 10.1. The van der Waals surface area contributed by atoms with E-state index in [1.807, 2.05) is 0 Å². The molecule has 1 heterocycles. The van der Waals surface area contributed by atoms with E-state index in [1.54, 1.807) is 0 Å². The second-order valence-electron chi connectivity index (χ2n) is 7.39. The Morgan fingerprint density at radius 3 is 2.31 bits per heavy atom. The fraction of sp³-hybridized carbons (Fsp3) is 0.500. The maximum absolute atomic E-state index is 13.5. The van der Waals surface area contributed by atoms with E-state index in [4.69, 9.17) is 11.6 Å².